The van der Waals surface area contributed by atoms with Crippen LogP contribution in [0.1, 0.15) is 21.9 Å². The van der Waals surface area contributed by atoms with Crippen LogP contribution in [0.5, 0.6) is 0 Å². The molecule has 0 spiro atoms. The highest BCUT2D eigenvalue weighted by molar-refractivity contribution is 6.33. The number of furan rings is 1. The minimum absolute atomic E-state index is 0.140. The van der Waals surface area contributed by atoms with E-state index in [9.17, 15) is 4.79 Å². The number of anilines is 1. The van der Waals surface area contributed by atoms with Crippen molar-refractivity contribution in [2.75, 3.05) is 12.4 Å². The maximum atomic E-state index is 11.2. The largest absolute Gasteiger partial charge is 0.463 e. The second-order valence-electron chi connectivity index (χ2n) is 3.92. The van der Waals surface area contributed by atoms with Gasteiger partial charge in [0.25, 0.3) is 0 Å². The SMILES string of the molecule is COC(=O)c1ccc(CNc2cc(C#N)ccc2Cl)o1. The Labute approximate surface area is 120 Å². The van der Waals surface area contributed by atoms with E-state index in [4.69, 9.17) is 21.3 Å². The number of halogens is 1. The molecule has 1 N–H and O–H groups in total. The molecule has 2 rings (SSSR count). The highest BCUT2D eigenvalue weighted by Crippen LogP contribution is 2.23. The number of hydrogen-bond acceptors (Lipinski definition) is 5. The molecule has 1 aromatic heterocycles. The van der Waals surface area contributed by atoms with Gasteiger partial charge < -0.3 is 14.5 Å². The van der Waals surface area contributed by atoms with Crippen molar-refractivity contribution < 1.29 is 13.9 Å². The molecule has 0 aliphatic carbocycles. The summed E-state index contributed by atoms with van der Waals surface area (Å²) in [5.74, 6) is 0.172. The summed E-state index contributed by atoms with van der Waals surface area (Å²) in [4.78, 5) is 11.2. The zero-order valence-electron chi connectivity index (χ0n) is 10.6. The lowest BCUT2D eigenvalue weighted by atomic mass is 10.2. The number of benzene rings is 1. The van der Waals surface area contributed by atoms with E-state index in [-0.39, 0.29) is 5.76 Å². The monoisotopic (exact) mass is 290 g/mol. The highest BCUT2D eigenvalue weighted by atomic mass is 35.5. The lowest BCUT2D eigenvalue weighted by Crippen LogP contribution is -2.00. The van der Waals surface area contributed by atoms with Gasteiger partial charge in [-0.3, -0.25) is 0 Å². The number of carbonyl (C=O) groups excluding carboxylic acids is 1. The van der Waals surface area contributed by atoms with Gasteiger partial charge in [-0.15, -0.1) is 0 Å². The van der Waals surface area contributed by atoms with Crippen LogP contribution in [0, 0.1) is 11.3 Å². The molecule has 0 aliphatic heterocycles. The minimum atomic E-state index is -0.527. The van der Waals surface area contributed by atoms with Crippen molar-refractivity contribution in [2.24, 2.45) is 0 Å². The summed E-state index contributed by atoms with van der Waals surface area (Å²) in [6, 6.07) is 10.2. The Morgan fingerprint density at radius 3 is 2.95 bits per heavy atom. The number of ether oxygens (including phenoxy) is 1. The molecule has 0 unspecified atom stereocenters. The predicted molar refractivity (Wildman–Crippen MR) is 73.5 cm³/mol. The molecule has 0 bridgehead atoms. The Morgan fingerprint density at radius 1 is 1.45 bits per heavy atom. The summed E-state index contributed by atoms with van der Waals surface area (Å²) >= 11 is 6.02. The molecule has 0 saturated heterocycles. The summed E-state index contributed by atoms with van der Waals surface area (Å²) in [5, 5.41) is 12.4. The first kappa shape index (κ1) is 14.0. The number of hydrogen-bond donors (Lipinski definition) is 1. The van der Waals surface area contributed by atoms with E-state index in [0.29, 0.717) is 28.6 Å². The second kappa shape index (κ2) is 6.13. The van der Waals surface area contributed by atoms with Crippen LogP contribution in [-0.4, -0.2) is 13.1 Å². The molecule has 1 aromatic carbocycles. The van der Waals surface area contributed by atoms with Crippen LogP contribution in [0.4, 0.5) is 5.69 Å². The fraction of sp³-hybridized carbons (Fsp3) is 0.143. The van der Waals surface area contributed by atoms with E-state index in [2.05, 4.69) is 10.1 Å². The zero-order chi connectivity index (χ0) is 14.5. The molecule has 0 atom stereocenters. The minimum Gasteiger partial charge on any atom is -0.463 e. The van der Waals surface area contributed by atoms with Crippen LogP contribution < -0.4 is 5.32 Å². The quantitative estimate of drug-likeness (QED) is 0.875. The third kappa shape index (κ3) is 3.11. The first-order valence-corrected chi connectivity index (χ1v) is 6.12. The van der Waals surface area contributed by atoms with E-state index in [1.807, 2.05) is 6.07 Å². The second-order valence-corrected chi connectivity index (χ2v) is 4.32. The molecular formula is C14H11ClN2O3. The Morgan fingerprint density at radius 2 is 2.25 bits per heavy atom. The van der Waals surface area contributed by atoms with Gasteiger partial charge >= 0.3 is 5.97 Å². The molecule has 5 nitrogen and oxygen atoms in total. The first-order valence-electron chi connectivity index (χ1n) is 5.74. The maximum Gasteiger partial charge on any atom is 0.373 e. The van der Waals surface area contributed by atoms with Crippen LogP contribution in [0.3, 0.4) is 0 Å². The lowest BCUT2D eigenvalue weighted by molar-refractivity contribution is 0.0563. The van der Waals surface area contributed by atoms with Crippen molar-refractivity contribution in [2.45, 2.75) is 6.54 Å². The van der Waals surface area contributed by atoms with Crippen molar-refractivity contribution in [3.63, 3.8) is 0 Å². The van der Waals surface area contributed by atoms with E-state index < -0.39 is 5.97 Å². The third-order valence-electron chi connectivity index (χ3n) is 2.60. The Bertz CT molecular complexity index is 673. The van der Waals surface area contributed by atoms with Gasteiger partial charge in [0.1, 0.15) is 5.76 Å². The molecule has 20 heavy (non-hydrogen) atoms. The van der Waals surface area contributed by atoms with Crippen LogP contribution in [0.2, 0.25) is 5.02 Å². The smallest absolute Gasteiger partial charge is 0.373 e. The van der Waals surface area contributed by atoms with Crippen molar-refractivity contribution >= 4 is 23.3 Å². The molecule has 0 fully saturated rings. The van der Waals surface area contributed by atoms with Gasteiger partial charge in [0.05, 0.1) is 36.0 Å². The Kier molecular flexibility index (Phi) is 4.28. The molecule has 0 amide bonds. The van der Waals surface area contributed by atoms with Gasteiger partial charge in [-0.1, -0.05) is 11.6 Å². The van der Waals surface area contributed by atoms with Crippen molar-refractivity contribution in [3.05, 3.63) is 52.4 Å². The van der Waals surface area contributed by atoms with E-state index >= 15 is 0 Å². The molecule has 0 radical (unpaired) electrons. The summed E-state index contributed by atoms with van der Waals surface area (Å²) in [5.41, 5.74) is 1.13. The number of rotatable bonds is 4. The summed E-state index contributed by atoms with van der Waals surface area (Å²) < 4.78 is 9.86. The standard InChI is InChI=1S/C14H11ClN2O3/c1-19-14(18)13-5-3-10(20-13)8-17-12-6-9(7-16)2-4-11(12)15/h2-6,17H,8H2,1H3. The number of carbonyl (C=O) groups is 1. The van der Waals surface area contributed by atoms with E-state index in [0.717, 1.165) is 0 Å². The molecule has 102 valence electrons. The molecule has 0 saturated carbocycles. The van der Waals surface area contributed by atoms with Gasteiger partial charge in [0, 0.05) is 0 Å². The zero-order valence-corrected chi connectivity index (χ0v) is 11.4. The predicted octanol–water partition coefficient (Wildman–Crippen LogP) is 3.20. The fourth-order valence-corrected chi connectivity index (χ4v) is 1.78. The van der Waals surface area contributed by atoms with Crippen LogP contribution in [-0.2, 0) is 11.3 Å². The number of methoxy groups -OCH3 is 1. The van der Waals surface area contributed by atoms with Gasteiger partial charge in [-0.25, -0.2) is 4.79 Å². The number of nitrogens with one attached hydrogen (secondary N) is 1. The summed E-state index contributed by atoms with van der Waals surface area (Å²) in [6.45, 7) is 0.339. The third-order valence-corrected chi connectivity index (χ3v) is 2.93. The van der Waals surface area contributed by atoms with Crippen molar-refractivity contribution in [1.29, 1.82) is 5.26 Å². The lowest BCUT2D eigenvalue weighted by Gasteiger charge is -2.07. The number of nitriles is 1. The maximum absolute atomic E-state index is 11.2. The van der Waals surface area contributed by atoms with Gasteiger partial charge in [0.15, 0.2) is 0 Å². The molecule has 1 heterocycles. The average Bonchev–Trinajstić information content (AvgIpc) is 2.94. The summed E-state index contributed by atoms with van der Waals surface area (Å²) in [7, 11) is 1.29. The molecule has 2 aromatic rings. The fourth-order valence-electron chi connectivity index (χ4n) is 1.60. The van der Waals surface area contributed by atoms with Crippen molar-refractivity contribution in [1.82, 2.24) is 0 Å². The first-order chi connectivity index (χ1) is 9.63. The normalized spacial score (nSPS) is 9.85. The molecule has 6 heteroatoms. The summed E-state index contributed by atoms with van der Waals surface area (Å²) in [6.07, 6.45) is 0. The van der Waals surface area contributed by atoms with Crippen molar-refractivity contribution in [3.8, 4) is 6.07 Å². The van der Waals surface area contributed by atoms with Gasteiger partial charge in [0.2, 0.25) is 5.76 Å². The van der Waals surface area contributed by atoms with Gasteiger partial charge in [-0.2, -0.15) is 5.26 Å². The topological polar surface area (TPSA) is 75.3 Å². The molecule has 0 aliphatic rings. The highest BCUT2D eigenvalue weighted by Gasteiger charge is 2.11. The Hall–Kier alpha value is -2.45. The van der Waals surface area contributed by atoms with Gasteiger partial charge in [-0.05, 0) is 30.3 Å². The van der Waals surface area contributed by atoms with Crippen LogP contribution in [0.25, 0.3) is 0 Å². The number of nitrogens with zero attached hydrogens (tertiary/aromatic N) is 1. The Balaban J connectivity index is 2.07. The van der Waals surface area contributed by atoms with E-state index in [1.165, 1.54) is 13.2 Å². The van der Waals surface area contributed by atoms with Crippen LogP contribution >= 0.6 is 11.6 Å². The van der Waals surface area contributed by atoms with E-state index in [1.54, 1.807) is 24.3 Å². The average molecular weight is 291 g/mol. The number of esters is 1. The molecular weight excluding hydrogens is 280 g/mol. The van der Waals surface area contributed by atoms with Crippen LogP contribution in [0.15, 0.2) is 34.7 Å².